The molecule has 0 unspecified atom stereocenters. The normalized spacial score (nSPS) is 10.6. The van der Waals surface area contributed by atoms with E-state index in [2.05, 4.69) is 16.4 Å². The fraction of sp³-hybridized carbons (Fsp3) is 0. The van der Waals surface area contributed by atoms with Crippen LogP contribution >= 0.6 is 0 Å². The fourth-order valence-electron chi connectivity index (χ4n) is 3.03. The zero-order valence-electron chi connectivity index (χ0n) is 14.1. The summed E-state index contributed by atoms with van der Waals surface area (Å²) in [6, 6.07) is 20.3. The van der Waals surface area contributed by atoms with Crippen molar-refractivity contribution in [2.75, 3.05) is 5.32 Å². The van der Waals surface area contributed by atoms with Gasteiger partial charge in [0.05, 0.1) is 17.0 Å². The third kappa shape index (κ3) is 3.21. The highest BCUT2D eigenvalue weighted by atomic mass is 19.1. The molecule has 3 nitrogen and oxygen atoms in total. The van der Waals surface area contributed by atoms with Crippen LogP contribution in [0.1, 0.15) is 5.56 Å². The zero-order valence-corrected chi connectivity index (χ0v) is 14.1. The maximum atomic E-state index is 14.7. The lowest BCUT2D eigenvalue weighted by Gasteiger charge is -2.13. The summed E-state index contributed by atoms with van der Waals surface area (Å²) < 4.78 is 28.6. The van der Waals surface area contributed by atoms with Gasteiger partial charge in [-0.1, -0.05) is 30.3 Å². The van der Waals surface area contributed by atoms with Crippen LogP contribution in [0.2, 0.25) is 0 Å². The number of nitrogens with one attached hydrogen (secondary N) is 1. The van der Waals surface area contributed by atoms with Gasteiger partial charge < -0.3 is 5.32 Å². The molecule has 0 saturated carbocycles. The lowest BCUT2D eigenvalue weighted by atomic mass is 9.98. The summed E-state index contributed by atoms with van der Waals surface area (Å²) in [6.07, 6.45) is 1.56. The average Bonchev–Trinajstić information content (AvgIpc) is 2.68. The molecule has 0 atom stereocenters. The highest BCUT2D eigenvalue weighted by molar-refractivity contribution is 6.03. The van der Waals surface area contributed by atoms with Crippen LogP contribution in [0.15, 0.2) is 72.9 Å². The minimum atomic E-state index is -0.700. The van der Waals surface area contributed by atoms with Crippen LogP contribution in [-0.4, -0.2) is 4.98 Å². The molecule has 0 aliphatic heterocycles. The molecule has 1 N–H and O–H groups in total. The average molecular weight is 357 g/mol. The fourth-order valence-corrected chi connectivity index (χ4v) is 3.03. The van der Waals surface area contributed by atoms with E-state index in [1.807, 2.05) is 30.3 Å². The predicted octanol–water partition coefficient (Wildman–Crippen LogP) is 5.80. The molecular formula is C22H13F2N3. The highest BCUT2D eigenvalue weighted by Crippen LogP contribution is 2.35. The van der Waals surface area contributed by atoms with Crippen molar-refractivity contribution >= 4 is 22.3 Å². The van der Waals surface area contributed by atoms with Crippen molar-refractivity contribution in [2.24, 2.45) is 0 Å². The standard InChI is InChI=1S/C22H13F2N3/c23-16-10-18-19(15-6-4-5-14(9-15)12-25)13-26-22(21(18)20(24)11-16)27-17-7-2-1-3-8-17/h1-11,13H,(H,26,27). The van der Waals surface area contributed by atoms with E-state index in [1.165, 1.54) is 6.07 Å². The molecular weight excluding hydrogens is 344 g/mol. The number of aromatic nitrogens is 1. The number of nitriles is 1. The van der Waals surface area contributed by atoms with Crippen LogP contribution in [0.4, 0.5) is 20.3 Å². The van der Waals surface area contributed by atoms with E-state index in [-0.39, 0.29) is 5.39 Å². The van der Waals surface area contributed by atoms with Crippen molar-refractivity contribution in [3.63, 3.8) is 0 Å². The Labute approximate surface area is 154 Å². The van der Waals surface area contributed by atoms with E-state index >= 15 is 0 Å². The Morgan fingerprint density at radius 3 is 2.52 bits per heavy atom. The number of rotatable bonds is 3. The van der Waals surface area contributed by atoms with Gasteiger partial charge >= 0.3 is 0 Å². The molecule has 0 saturated heterocycles. The minimum Gasteiger partial charge on any atom is -0.340 e. The summed E-state index contributed by atoms with van der Waals surface area (Å²) >= 11 is 0. The smallest absolute Gasteiger partial charge is 0.141 e. The highest BCUT2D eigenvalue weighted by Gasteiger charge is 2.15. The summed E-state index contributed by atoms with van der Waals surface area (Å²) in [7, 11) is 0. The van der Waals surface area contributed by atoms with Crippen LogP contribution in [-0.2, 0) is 0 Å². The van der Waals surface area contributed by atoms with Crippen molar-refractivity contribution in [1.29, 1.82) is 5.26 Å². The molecule has 1 heterocycles. The molecule has 4 aromatic rings. The molecule has 0 fully saturated rings. The number of nitrogens with zero attached hydrogens (tertiary/aromatic N) is 2. The topological polar surface area (TPSA) is 48.7 Å². The second kappa shape index (κ2) is 6.85. The van der Waals surface area contributed by atoms with Gasteiger partial charge in [-0.15, -0.1) is 0 Å². The largest absolute Gasteiger partial charge is 0.340 e. The van der Waals surface area contributed by atoms with Gasteiger partial charge in [0.15, 0.2) is 0 Å². The van der Waals surface area contributed by atoms with Crippen molar-refractivity contribution in [1.82, 2.24) is 4.98 Å². The Morgan fingerprint density at radius 2 is 1.74 bits per heavy atom. The molecule has 4 rings (SSSR count). The Balaban J connectivity index is 1.95. The van der Waals surface area contributed by atoms with Crippen molar-refractivity contribution in [3.8, 4) is 17.2 Å². The van der Waals surface area contributed by atoms with Crippen LogP contribution < -0.4 is 5.32 Å². The van der Waals surface area contributed by atoms with Gasteiger partial charge in [0.1, 0.15) is 17.5 Å². The van der Waals surface area contributed by atoms with Crippen molar-refractivity contribution in [2.45, 2.75) is 0 Å². The molecule has 27 heavy (non-hydrogen) atoms. The van der Waals surface area contributed by atoms with E-state index in [0.29, 0.717) is 27.9 Å². The lowest BCUT2D eigenvalue weighted by molar-refractivity contribution is 0.592. The predicted molar refractivity (Wildman–Crippen MR) is 102 cm³/mol. The number of anilines is 2. The molecule has 0 aliphatic rings. The van der Waals surface area contributed by atoms with Crippen LogP contribution in [0.5, 0.6) is 0 Å². The van der Waals surface area contributed by atoms with Crippen LogP contribution in [0.3, 0.4) is 0 Å². The zero-order chi connectivity index (χ0) is 18.8. The quantitative estimate of drug-likeness (QED) is 0.504. The first-order chi connectivity index (χ1) is 13.2. The SMILES string of the molecule is N#Cc1cccc(-c2cnc(Nc3ccccc3)c3c(F)cc(F)cc23)c1. The summed E-state index contributed by atoms with van der Waals surface area (Å²) in [5.41, 5.74) is 2.43. The Bertz CT molecular complexity index is 1180. The maximum absolute atomic E-state index is 14.7. The maximum Gasteiger partial charge on any atom is 0.141 e. The third-order valence-corrected chi connectivity index (χ3v) is 4.24. The number of hydrogen-bond donors (Lipinski definition) is 1. The van der Waals surface area contributed by atoms with Gasteiger partial charge in [-0.25, -0.2) is 13.8 Å². The number of para-hydroxylation sites is 1. The summed E-state index contributed by atoms with van der Waals surface area (Å²) in [5, 5.41) is 12.8. The van der Waals surface area contributed by atoms with E-state index < -0.39 is 11.6 Å². The Kier molecular flexibility index (Phi) is 4.23. The number of halogens is 2. The van der Waals surface area contributed by atoms with E-state index in [4.69, 9.17) is 5.26 Å². The second-order valence-electron chi connectivity index (χ2n) is 6.01. The van der Waals surface area contributed by atoms with Gasteiger partial charge in [-0.2, -0.15) is 5.26 Å². The molecule has 130 valence electrons. The second-order valence-corrected chi connectivity index (χ2v) is 6.01. The molecule has 3 aromatic carbocycles. The van der Waals surface area contributed by atoms with Gasteiger partial charge in [0.25, 0.3) is 0 Å². The number of benzene rings is 3. The van der Waals surface area contributed by atoms with Gasteiger partial charge in [-0.3, -0.25) is 0 Å². The third-order valence-electron chi connectivity index (χ3n) is 4.24. The lowest BCUT2D eigenvalue weighted by Crippen LogP contribution is -1.98. The number of pyridine rings is 1. The molecule has 5 heteroatoms. The van der Waals surface area contributed by atoms with Gasteiger partial charge in [-0.05, 0) is 35.9 Å². The van der Waals surface area contributed by atoms with Crippen LogP contribution in [0, 0.1) is 23.0 Å². The summed E-state index contributed by atoms with van der Waals surface area (Å²) in [5.74, 6) is -1.07. The van der Waals surface area contributed by atoms with Gasteiger partial charge in [0.2, 0.25) is 0 Å². The number of fused-ring (bicyclic) bond motifs is 1. The molecule has 1 aromatic heterocycles. The summed E-state index contributed by atoms with van der Waals surface area (Å²) in [4.78, 5) is 4.37. The Hall–Kier alpha value is -3.78. The molecule has 0 bridgehead atoms. The molecule has 0 radical (unpaired) electrons. The van der Waals surface area contributed by atoms with E-state index in [1.54, 1.807) is 30.5 Å². The van der Waals surface area contributed by atoms with E-state index in [9.17, 15) is 8.78 Å². The first-order valence-corrected chi connectivity index (χ1v) is 8.26. The van der Waals surface area contributed by atoms with Crippen molar-refractivity contribution < 1.29 is 8.78 Å². The first kappa shape index (κ1) is 16.7. The van der Waals surface area contributed by atoms with E-state index in [0.717, 1.165) is 11.8 Å². The molecule has 0 aliphatic carbocycles. The minimum absolute atomic E-state index is 0.195. The van der Waals surface area contributed by atoms with Gasteiger partial charge in [0, 0.05) is 28.9 Å². The first-order valence-electron chi connectivity index (χ1n) is 8.26. The Morgan fingerprint density at radius 1 is 0.926 bits per heavy atom. The summed E-state index contributed by atoms with van der Waals surface area (Å²) in [6.45, 7) is 0. The molecule has 0 spiro atoms. The van der Waals surface area contributed by atoms with Crippen molar-refractivity contribution in [3.05, 3.63) is 90.1 Å². The molecule has 0 amide bonds. The number of hydrogen-bond acceptors (Lipinski definition) is 3. The van der Waals surface area contributed by atoms with Crippen LogP contribution in [0.25, 0.3) is 21.9 Å². The monoisotopic (exact) mass is 357 g/mol.